The highest BCUT2D eigenvalue weighted by Crippen LogP contribution is 2.39. The van der Waals surface area contributed by atoms with Crippen LogP contribution in [0.4, 0.5) is 13.9 Å². The first kappa shape index (κ1) is 12.5. The minimum Gasteiger partial charge on any atom is -0.354 e. The molecule has 1 aromatic heterocycles. The molecule has 1 aliphatic carbocycles. The van der Waals surface area contributed by atoms with Crippen LogP contribution in [-0.4, -0.2) is 9.36 Å². The third-order valence-electron chi connectivity index (χ3n) is 3.17. The van der Waals surface area contributed by atoms with Gasteiger partial charge in [-0.3, -0.25) is 0 Å². The third-order valence-corrected chi connectivity index (χ3v) is 3.83. The van der Waals surface area contributed by atoms with Crippen molar-refractivity contribution >= 4 is 16.7 Å². The van der Waals surface area contributed by atoms with E-state index in [4.69, 9.17) is 0 Å². The van der Waals surface area contributed by atoms with Gasteiger partial charge in [-0.05, 0) is 37.5 Å². The van der Waals surface area contributed by atoms with E-state index in [0.29, 0.717) is 11.5 Å². The van der Waals surface area contributed by atoms with Crippen LogP contribution in [0.15, 0.2) is 18.2 Å². The van der Waals surface area contributed by atoms with Gasteiger partial charge < -0.3 is 5.32 Å². The number of benzene rings is 1. The van der Waals surface area contributed by atoms with Crippen LogP contribution < -0.4 is 5.32 Å². The molecule has 19 heavy (non-hydrogen) atoms. The van der Waals surface area contributed by atoms with E-state index in [9.17, 15) is 8.78 Å². The standard InChI is InChI=1S/C13H13F2N3S/c1-7(9-4-5-10(14)11(15)6-9)16-13-17-12(18-19-13)8-2-3-8/h4-8H,2-3H2,1H3,(H,16,17,18). The molecule has 2 aromatic rings. The first-order valence-corrected chi connectivity index (χ1v) is 6.96. The van der Waals surface area contributed by atoms with E-state index in [0.717, 1.165) is 29.9 Å². The molecule has 3 rings (SSSR count). The lowest BCUT2D eigenvalue weighted by molar-refractivity contribution is 0.506. The Kier molecular flexibility index (Phi) is 3.18. The number of rotatable bonds is 4. The highest BCUT2D eigenvalue weighted by Gasteiger charge is 2.28. The molecule has 3 nitrogen and oxygen atoms in total. The number of aromatic nitrogens is 2. The Morgan fingerprint density at radius 1 is 1.32 bits per heavy atom. The second-order valence-corrected chi connectivity index (χ2v) is 5.52. The van der Waals surface area contributed by atoms with Gasteiger partial charge in [-0.1, -0.05) is 6.07 Å². The molecule has 1 aliphatic rings. The Hall–Kier alpha value is -1.56. The number of hydrogen-bond donors (Lipinski definition) is 1. The maximum Gasteiger partial charge on any atom is 0.203 e. The maximum absolute atomic E-state index is 13.2. The van der Waals surface area contributed by atoms with Crippen LogP contribution in [0.25, 0.3) is 0 Å². The largest absolute Gasteiger partial charge is 0.354 e. The van der Waals surface area contributed by atoms with Gasteiger partial charge in [-0.25, -0.2) is 13.8 Å². The summed E-state index contributed by atoms with van der Waals surface area (Å²) in [6, 6.07) is 3.77. The van der Waals surface area contributed by atoms with Crippen molar-refractivity contribution in [3.63, 3.8) is 0 Å². The smallest absolute Gasteiger partial charge is 0.203 e. The van der Waals surface area contributed by atoms with Crippen LogP contribution in [0.3, 0.4) is 0 Å². The Morgan fingerprint density at radius 3 is 2.79 bits per heavy atom. The van der Waals surface area contributed by atoms with Gasteiger partial charge in [0, 0.05) is 17.5 Å². The molecule has 1 aromatic carbocycles. The lowest BCUT2D eigenvalue weighted by atomic mass is 10.1. The molecule has 0 radical (unpaired) electrons. The Labute approximate surface area is 113 Å². The van der Waals surface area contributed by atoms with Gasteiger partial charge in [0.15, 0.2) is 11.6 Å². The van der Waals surface area contributed by atoms with Crippen molar-refractivity contribution in [3.05, 3.63) is 41.2 Å². The molecular formula is C13H13F2N3S. The molecule has 0 spiro atoms. The van der Waals surface area contributed by atoms with Crippen molar-refractivity contribution in [2.24, 2.45) is 0 Å². The van der Waals surface area contributed by atoms with Crippen molar-refractivity contribution in [1.82, 2.24) is 9.36 Å². The van der Waals surface area contributed by atoms with Crippen LogP contribution in [0.2, 0.25) is 0 Å². The highest BCUT2D eigenvalue weighted by molar-refractivity contribution is 7.09. The van der Waals surface area contributed by atoms with E-state index in [1.165, 1.54) is 17.6 Å². The fourth-order valence-electron chi connectivity index (χ4n) is 1.85. The first-order chi connectivity index (χ1) is 9.13. The highest BCUT2D eigenvalue weighted by atomic mass is 32.1. The fraction of sp³-hybridized carbons (Fsp3) is 0.385. The molecule has 0 bridgehead atoms. The van der Waals surface area contributed by atoms with Gasteiger partial charge >= 0.3 is 0 Å². The minimum absolute atomic E-state index is 0.143. The maximum atomic E-state index is 13.2. The van der Waals surface area contributed by atoms with Crippen molar-refractivity contribution in [3.8, 4) is 0 Å². The molecule has 0 saturated heterocycles. The Morgan fingerprint density at radius 2 is 2.11 bits per heavy atom. The summed E-state index contributed by atoms with van der Waals surface area (Å²) in [6.07, 6.45) is 2.32. The van der Waals surface area contributed by atoms with Crippen molar-refractivity contribution in [2.75, 3.05) is 5.32 Å². The number of nitrogens with one attached hydrogen (secondary N) is 1. The predicted octanol–water partition coefficient (Wildman–Crippen LogP) is 3.87. The van der Waals surface area contributed by atoms with Gasteiger partial charge in [0.05, 0.1) is 6.04 Å². The van der Waals surface area contributed by atoms with Gasteiger partial charge in [-0.2, -0.15) is 4.37 Å². The minimum atomic E-state index is -0.831. The SMILES string of the molecule is CC(Nc1nc(C2CC2)ns1)c1ccc(F)c(F)c1. The zero-order valence-corrected chi connectivity index (χ0v) is 11.2. The van der Waals surface area contributed by atoms with E-state index in [1.54, 1.807) is 6.07 Å². The number of hydrogen-bond acceptors (Lipinski definition) is 4. The average molecular weight is 281 g/mol. The van der Waals surface area contributed by atoms with Crippen LogP contribution in [0, 0.1) is 11.6 Å². The summed E-state index contributed by atoms with van der Waals surface area (Å²) in [5.74, 6) is -0.250. The molecule has 100 valence electrons. The normalized spacial score (nSPS) is 16.4. The van der Waals surface area contributed by atoms with Gasteiger partial charge in [0.2, 0.25) is 5.13 Å². The summed E-state index contributed by atoms with van der Waals surface area (Å²) in [4.78, 5) is 4.41. The van der Waals surface area contributed by atoms with Crippen molar-refractivity contribution < 1.29 is 8.78 Å². The second kappa shape index (κ2) is 4.85. The summed E-state index contributed by atoms with van der Waals surface area (Å²) >= 11 is 1.31. The summed E-state index contributed by atoms with van der Waals surface area (Å²) in [6.45, 7) is 1.88. The lowest BCUT2D eigenvalue weighted by Crippen LogP contribution is -2.07. The van der Waals surface area contributed by atoms with E-state index in [-0.39, 0.29) is 6.04 Å². The van der Waals surface area contributed by atoms with E-state index >= 15 is 0 Å². The molecule has 0 aliphatic heterocycles. The fourth-order valence-corrected chi connectivity index (χ4v) is 2.58. The zero-order valence-electron chi connectivity index (χ0n) is 10.4. The molecular weight excluding hydrogens is 268 g/mol. The first-order valence-electron chi connectivity index (χ1n) is 6.18. The average Bonchev–Trinajstić information content (AvgIpc) is 3.14. The van der Waals surface area contributed by atoms with Gasteiger partial charge in [0.25, 0.3) is 0 Å². The number of halogens is 2. The molecule has 1 unspecified atom stereocenters. The molecule has 1 heterocycles. The summed E-state index contributed by atoms with van der Waals surface area (Å²) in [5.41, 5.74) is 0.682. The van der Waals surface area contributed by atoms with E-state index in [1.807, 2.05) is 6.92 Å². The van der Waals surface area contributed by atoms with Gasteiger partial charge in [-0.15, -0.1) is 0 Å². The molecule has 0 amide bonds. The second-order valence-electron chi connectivity index (χ2n) is 4.77. The van der Waals surface area contributed by atoms with Crippen LogP contribution in [-0.2, 0) is 0 Å². The molecule has 1 fully saturated rings. The summed E-state index contributed by atoms with van der Waals surface area (Å²) < 4.78 is 30.3. The predicted molar refractivity (Wildman–Crippen MR) is 70.3 cm³/mol. The molecule has 1 atom stereocenters. The monoisotopic (exact) mass is 281 g/mol. The molecule has 1 N–H and O–H groups in total. The third kappa shape index (κ3) is 2.73. The van der Waals surface area contributed by atoms with Crippen LogP contribution >= 0.6 is 11.5 Å². The van der Waals surface area contributed by atoms with E-state index < -0.39 is 11.6 Å². The lowest BCUT2D eigenvalue weighted by Gasteiger charge is -2.13. The topological polar surface area (TPSA) is 37.8 Å². The Bertz CT molecular complexity index is 595. The Balaban J connectivity index is 1.72. The van der Waals surface area contributed by atoms with Crippen LogP contribution in [0.1, 0.15) is 43.1 Å². The summed E-state index contributed by atoms with van der Waals surface area (Å²) in [5, 5.41) is 3.89. The quantitative estimate of drug-likeness (QED) is 0.924. The van der Waals surface area contributed by atoms with E-state index in [2.05, 4.69) is 14.7 Å². The zero-order chi connectivity index (χ0) is 13.4. The molecule has 6 heteroatoms. The van der Waals surface area contributed by atoms with Gasteiger partial charge in [0.1, 0.15) is 5.82 Å². The number of anilines is 1. The van der Waals surface area contributed by atoms with Crippen LogP contribution in [0.5, 0.6) is 0 Å². The summed E-state index contributed by atoms with van der Waals surface area (Å²) in [7, 11) is 0. The number of nitrogens with zero attached hydrogens (tertiary/aromatic N) is 2. The molecule has 1 saturated carbocycles. The van der Waals surface area contributed by atoms with Crippen molar-refractivity contribution in [1.29, 1.82) is 0 Å². The van der Waals surface area contributed by atoms with Crippen molar-refractivity contribution in [2.45, 2.75) is 31.7 Å².